The van der Waals surface area contributed by atoms with E-state index in [0.29, 0.717) is 12.2 Å². The number of nitrogens with two attached hydrogens (primary N) is 1. The highest BCUT2D eigenvalue weighted by molar-refractivity contribution is 5.74. The van der Waals surface area contributed by atoms with Gasteiger partial charge in [-0.1, -0.05) is 6.07 Å². The van der Waals surface area contributed by atoms with Gasteiger partial charge >= 0.3 is 0 Å². The molecule has 0 fully saturated rings. The molecule has 0 bridgehead atoms. The van der Waals surface area contributed by atoms with E-state index in [0.717, 1.165) is 24.8 Å². The van der Waals surface area contributed by atoms with E-state index in [1.807, 2.05) is 19.1 Å². The van der Waals surface area contributed by atoms with Crippen LogP contribution in [0.4, 0.5) is 0 Å². The highest BCUT2D eigenvalue weighted by Gasteiger charge is 2.22. The molecule has 0 aliphatic heterocycles. The van der Waals surface area contributed by atoms with Crippen molar-refractivity contribution >= 4 is 5.91 Å². The first kappa shape index (κ1) is 12.9. The molecule has 4 N–H and O–H groups in total. The summed E-state index contributed by atoms with van der Waals surface area (Å²) in [5.74, 6) is 0.00643. The van der Waals surface area contributed by atoms with Crippen LogP contribution in [0.5, 0.6) is 5.75 Å². The SMILES string of the molecule is CC(CC(N)=O)NC1CCCc2ccc(O)cc21. The summed E-state index contributed by atoms with van der Waals surface area (Å²) in [6, 6.07) is 5.80. The number of amides is 1. The standard InChI is InChI=1S/C14H20N2O2/c1-9(7-14(15)18)16-13-4-2-3-10-5-6-11(17)8-12(10)13/h5-6,8-9,13,16-17H,2-4,7H2,1H3,(H2,15,18). The molecule has 0 saturated heterocycles. The van der Waals surface area contributed by atoms with Crippen molar-refractivity contribution in [2.24, 2.45) is 5.73 Å². The summed E-state index contributed by atoms with van der Waals surface area (Å²) in [5.41, 5.74) is 7.63. The summed E-state index contributed by atoms with van der Waals surface area (Å²) in [4.78, 5) is 10.9. The molecule has 18 heavy (non-hydrogen) atoms. The first-order valence-corrected chi connectivity index (χ1v) is 6.42. The van der Waals surface area contributed by atoms with Gasteiger partial charge in [0.2, 0.25) is 5.91 Å². The number of fused-ring (bicyclic) bond motifs is 1. The average Bonchev–Trinajstić information content (AvgIpc) is 2.28. The van der Waals surface area contributed by atoms with E-state index in [-0.39, 0.29) is 18.0 Å². The largest absolute Gasteiger partial charge is 0.508 e. The maximum absolute atomic E-state index is 10.9. The van der Waals surface area contributed by atoms with Gasteiger partial charge in [-0.05, 0) is 49.4 Å². The lowest BCUT2D eigenvalue weighted by molar-refractivity contribution is -0.118. The Kier molecular flexibility index (Phi) is 3.87. The van der Waals surface area contributed by atoms with Gasteiger partial charge in [0.25, 0.3) is 0 Å². The van der Waals surface area contributed by atoms with Crippen molar-refractivity contribution in [2.45, 2.75) is 44.7 Å². The van der Waals surface area contributed by atoms with Crippen molar-refractivity contribution in [1.82, 2.24) is 5.32 Å². The molecule has 1 aromatic carbocycles. The number of carbonyl (C=O) groups is 1. The summed E-state index contributed by atoms with van der Waals surface area (Å²) in [5, 5.41) is 13.0. The molecular formula is C14H20N2O2. The second kappa shape index (κ2) is 5.40. The molecule has 2 rings (SSSR count). The highest BCUT2D eigenvalue weighted by atomic mass is 16.3. The number of aromatic hydroxyl groups is 1. The third-order valence-corrected chi connectivity index (χ3v) is 3.44. The van der Waals surface area contributed by atoms with Crippen LogP contribution in [0.1, 0.15) is 43.4 Å². The molecule has 98 valence electrons. The Balaban J connectivity index is 2.12. The monoisotopic (exact) mass is 248 g/mol. The Bertz CT molecular complexity index is 445. The zero-order chi connectivity index (χ0) is 13.1. The van der Waals surface area contributed by atoms with Crippen molar-refractivity contribution in [1.29, 1.82) is 0 Å². The van der Waals surface area contributed by atoms with E-state index in [2.05, 4.69) is 5.32 Å². The number of hydrogen-bond donors (Lipinski definition) is 3. The average molecular weight is 248 g/mol. The summed E-state index contributed by atoms with van der Waals surface area (Å²) < 4.78 is 0. The normalized spacial score (nSPS) is 20.2. The second-order valence-corrected chi connectivity index (χ2v) is 5.07. The molecule has 1 aliphatic carbocycles. The summed E-state index contributed by atoms with van der Waals surface area (Å²) in [6.07, 6.45) is 3.54. The molecule has 2 atom stereocenters. The molecule has 0 saturated carbocycles. The minimum Gasteiger partial charge on any atom is -0.508 e. The van der Waals surface area contributed by atoms with Crippen LogP contribution in [0.15, 0.2) is 18.2 Å². The Hall–Kier alpha value is -1.55. The number of phenolic OH excluding ortho intramolecular Hbond substituents is 1. The first-order chi connectivity index (χ1) is 8.56. The zero-order valence-corrected chi connectivity index (χ0v) is 10.6. The van der Waals surface area contributed by atoms with Crippen LogP contribution in [-0.4, -0.2) is 17.1 Å². The molecule has 1 aromatic rings. The van der Waals surface area contributed by atoms with Gasteiger partial charge in [0.15, 0.2) is 0 Å². The predicted molar refractivity (Wildman–Crippen MR) is 70.2 cm³/mol. The molecule has 0 radical (unpaired) electrons. The number of hydrogen-bond acceptors (Lipinski definition) is 3. The van der Waals surface area contributed by atoms with Gasteiger partial charge in [0, 0.05) is 18.5 Å². The van der Waals surface area contributed by atoms with E-state index in [1.54, 1.807) is 6.07 Å². The number of primary amides is 1. The molecule has 0 spiro atoms. The van der Waals surface area contributed by atoms with Crippen LogP contribution in [0.3, 0.4) is 0 Å². The predicted octanol–water partition coefficient (Wildman–Crippen LogP) is 1.62. The highest BCUT2D eigenvalue weighted by Crippen LogP contribution is 2.32. The zero-order valence-electron chi connectivity index (χ0n) is 10.6. The molecule has 0 aromatic heterocycles. The number of rotatable bonds is 4. The van der Waals surface area contributed by atoms with Crippen LogP contribution in [-0.2, 0) is 11.2 Å². The van der Waals surface area contributed by atoms with Gasteiger partial charge in [0.1, 0.15) is 5.75 Å². The maximum Gasteiger partial charge on any atom is 0.218 e. The molecule has 1 amide bonds. The Labute approximate surface area is 107 Å². The molecule has 4 heteroatoms. The van der Waals surface area contributed by atoms with E-state index >= 15 is 0 Å². The van der Waals surface area contributed by atoms with Gasteiger partial charge in [-0.3, -0.25) is 4.79 Å². The van der Waals surface area contributed by atoms with Crippen molar-refractivity contribution in [2.75, 3.05) is 0 Å². The number of nitrogens with one attached hydrogen (secondary N) is 1. The summed E-state index contributed by atoms with van der Waals surface area (Å²) in [6.45, 7) is 1.96. The lowest BCUT2D eigenvalue weighted by atomic mass is 9.87. The fourth-order valence-corrected chi connectivity index (χ4v) is 2.66. The van der Waals surface area contributed by atoms with E-state index in [4.69, 9.17) is 5.73 Å². The Morgan fingerprint density at radius 2 is 2.39 bits per heavy atom. The smallest absolute Gasteiger partial charge is 0.218 e. The number of phenols is 1. The minimum atomic E-state index is -0.290. The molecular weight excluding hydrogens is 228 g/mol. The van der Waals surface area contributed by atoms with Gasteiger partial charge < -0.3 is 16.2 Å². The van der Waals surface area contributed by atoms with E-state index in [1.165, 1.54) is 5.56 Å². The third-order valence-electron chi connectivity index (χ3n) is 3.44. The quantitative estimate of drug-likeness (QED) is 0.758. The summed E-state index contributed by atoms with van der Waals surface area (Å²) in [7, 11) is 0. The minimum absolute atomic E-state index is 0.0563. The lowest BCUT2D eigenvalue weighted by Gasteiger charge is -2.29. The van der Waals surface area contributed by atoms with Crippen molar-refractivity contribution < 1.29 is 9.90 Å². The molecule has 2 unspecified atom stereocenters. The summed E-state index contributed by atoms with van der Waals surface area (Å²) >= 11 is 0. The first-order valence-electron chi connectivity index (χ1n) is 6.42. The number of aryl methyl sites for hydroxylation is 1. The Morgan fingerprint density at radius 1 is 1.61 bits per heavy atom. The van der Waals surface area contributed by atoms with Crippen LogP contribution < -0.4 is 11.1 Å². The topological polar surface area (TPSA) is 75.4 Å². The molecule has 1 aliphatic rings. The van der Waals surface area contributed by atoms with Crippen LogP contribution in [0, 0.1) is 0 Å². The van der Waals surface area contributed by atoms with Crippen LogP contribution in [0.2, 0.25) is 0 Å². The van der Waals surface area contributed by atoms with Gasteiger partial charge in [-0.15, -0.1) is 0 Å². The van der Waals surface area contributed by atoms with E-state index < -0.39 is 0 Å². The molecule has 0 heterocycles. The lowest BCUT2D eigenvalue weighted by Crippen LogP contribution is -2.35. The Morgan fingerprint density at radius 3 is 3.11 bits per heavy atom. The molecule has 4 nitrogen and oxygen atoms in total. The third kappa shape index (κ3) is 3.01. The number of carbonyl (C=O) groups excluding carboxylic acids is 1. The van der Waals surface area contributed by atoms with Crippen molar-refractivity contribution in [3.8, 4) is 5.75 Å². The van der Waals surface area contributed by atoms with Crippen molar-refractivity contribution in [3.63, 3.8) is 0 Å². The van der Waals surface area contributed by atoms with Crippen LogP contribution in [0.25, 0.3) is 0 Å². The van der Waals surface area contributed by atoms with Gasteiger partial charge in [-0.25, -0.2) is 0 Å². The number of benzene rings is 1. The second-order valence-electron chi connectivity index (χ2n) is 5.07. The maximum atomic E-state index is 10.9. The fraction of sp³-hybridized carbons (Fsp3) is 0.500. The van der Waals surface area contributed by atoms with Crippen molar-refractivity contribution in [3.05, 3.63) is 29.3 Å². The van der Waals surface area contributed by atoms with Crippen LogP contribution >= 0.6 is 0 Å². The van der Waals surface area contributed by atoms with Gasteiger partial charge in [-0.2, -0.15) is 0 Å². The van der Waals surface area contributed by atoms with Gasteiger partial charge in [0.05, 0.1) is 0 Å². The van der Waals surface area contributed by atoms with E-state index in [9.17, 15) is 9.90 Å². The fourth-order valence-electron chi connectivity index (χ4n) is 2.66.